The molecule has 1 aromatic carbocycles. The Hall–Kier alpha value is -1.73. The maximum Gasteiger partial charge on any atom is 0.289 e. The van der Waals surface area contributed by atoms with Gasteiger partial charge in [-0.15, -0.1) is 0 Å². The lowest BCUT2D eigenvalue weighted by Crippen LogP contribution is -2.38. The van der Waals surface area contributed by atoms with Crippen LogP contribution in [-0.2, 0) is 4.79 Å². The lowest BCUT2D eigenvalue weighted by Gasteiger charge is -2.21. The average molecular weight is 342 g/mol. The number of halogens is 1. The fourth-order valence-corrected chi connectivity index (χ4v) is 2.88. The Morgan fingerprint density at radius 3 is 2.64 bits per heavy atom. The van der Waals surface area contributed by atoms with E-state index in [1.807, 2.05) is 0 Å². The lowest BCUT2D eigenvalue weighted by molar-refractivity contribution is -0.384. The molecule has 0 heterocycles. The van der Waals surface area contributed by atoms with E-state index in [9.17, 15) is 14.9 Å². The smallest absolute Gasteiger partial charge is 0.289 e. The van der Waals surface area contributed by atoms with Crippen LogP contribution in [0.3, 0.4) is 0 Å². The highest BCUT2D eigenvalue weighted by molar-refractivity contribution is 7.80. The van der Waals surface area contributed by atoms with Crippen molar-refractivity contribution in [3.05, 3.63) is 33.3 Å². The zero-order valence-electron chi connectivity index (χ0n) is 11.8. The van der Waals surface area contributed by atoms with Gasteiger partial charge in [0.05, 0.1) is 4.92 Å². The molecular weight excluding hydrogens is 326 g/mol. The molecule has 1 saturated carbocycles. The molecule has 0 radical (unpaired) electrons. The van der Waals surface area contributed by atoms with Gasteiger partial charge in [0.2, 0.25) is 5.91 Å². The zero-order chi connectivity index (χ0) is 16.1. The second-order valence-corrected chi connectivity index (χ2v) is 6.02. The Labute approximate surface area is 138 Å². The van der Waals surface area contributed by atoms with Gasteiger partial charge in [0.25, 0.3) is 5.69 Å². The summed E-state index contributed by atoms with van der Waals surface area (Å²) in [6.07, 6.45) is 5.03. The van der Waals surface area contributed by atoms with E-state index in [0.29, 0.717) is 5.69 Å². The highest BCUT2D eigenvalue weighted by Gasteiger charge is 2.22. The van der Waals surface area contributed by atoms with E-state index in [1.54, 1.807) is 6.07 Å². The van der Waals surface area contributed by atoms with E-state index in [0.717, 1.165) is 25.7 Å². The minimum Gasteiger partial charge on any atom is -0.332 e. The first kappa shape index (κ1) is 16.6. The third-order valence-electron chi connectivity index (χ3n) is 3.61. The van der Waals surface area contributed by atoms with Crippen molar-refractivity contribution < 1.29 is 9.72 Å². The first-order chi connectivity index (χ1) is 10.5. The predicted molar refractivity (Wildman–Crippen MR) is 89.0 cm³/mol. The molecule has 0 bridgehead atoms. The van der Waals surface area contributed by atoms with Crippen LogP contribution in [0.15, 0.2) is 18.2 Å². The topological polar surface area (TPSA) is 84.3 Å². The highest BCUT2D eigenvalue weighted by atomic mass is 35.5. The quantitative estimate of drug-likeness (QED) is 0.498. The number of amides is 1. The number of benzene rings is 1. The number of carbonyl (C=O) groups excluding carboxylic acids is 1. The van der Waals surface area contributed by atoms with Gasteiger partial charge in [0, 0.05) is 17.7 Å². The Kier molecular flexibility index (Phi) is 5.68. The summed E-state index contributed by atoms with van der Waals surface area (Å²) in [4.78, 5) is 22.3. The molecule has 1 aromatic rings. The molecule has 2 N–H and O–H groups in total. The van der Waals surface area contributed by atoms with Gasteiger partial charge in [-0.05, 0) is 37.2 Å². The normalized spacial score (nSPS) is 15.1. The van der Waals surface area contributed by atoms with Gasteiger partial charge in [-0.25, -0.2) is 0 Å². The first-order valence-electron chi connectivity index (χ1n) is 7.03. The zero-order valence-corrected chi connectivity index (χ0v) is 13.4. The third-order valence-corrected chi connectivity index (χ3v) is 4.14. The molecule has 0 unspecified atom stereocenters. The second kappa shape index (κ2) is 7.51. The van der Waals surface area contributed by atoms with Gasteiger partial charge < -0.3 is 10.6 Å². The molecule has 6 nitrogen and oxygen atoms in total. The molecular formula is C14H16ClN3O3S. The lowest BCUT2D eigenvalue weighted by atomic mass is 9.89. The molecule has 0 atom stereocenters. The number of nitrogens with one attached hydrogen (secondary N) is 2. The molecule has 118 valence electrons. The van der Waals surface area contributed by atoms with Gasteiger partial charge in [-0.3, -0.25) is 14.9 Å². The van der Waals surface area contributed by atoms with Crippen LogP contribution in [-0.4, -0.2) is 15.9 Å². The minimum atomic E-state index is -0.572. The van der Waals surface area contributed by atoms with Gasteiger partial charge >= 0.3 is 0 Å². The molecule has 1 aliphatic rings. The molecule has 1 amide bonds. The van der Waals surface area contributed by atoms with Crippen LogP contribution in [0.2, 0.25) is 5.02 Å². The van der Waals surface area contributed by atoms with Crippen LogP contribution in [0.5, 0.6) is 0 Å². The molecule has 0 spiro atoms. The number of nitro benzene ring substituents is 1. The Morgan fingerprint density at radius 2 is 2.00 bits per heavy atom. The number of nitro groups is 1. The number of rotatable bonds is 3. The SMILES string of the molecule is O=C(NC(=S)Nc1ccc(Cl)c([N+](=O)[O-])c1)C1CCCCC1. The van der Waals surface area contributed by atoms with Crippen molar-refractivity contribution in [1.82, 2.24) is 5.32 Å². The predicted octanol–water partition coefficient (Wildman–Crippen LogP) is 3.64. The van der Waals surface area contributed by atoms with Crippen LogP contribution in [0.25, 0.3) is 0 Å². The molecule has 1 aliphatic carbocycles. The standard InChI is InChI=1S/C14H16ClN3O3S/c15-11-7-6-10(8-12(11)18(20)21)16-14(22)17-13(19)9-4-2-1-3-5-9/h6-9H,1-5H2,(H2,16,17,19,22). The summed E-state index contributed by atoms with van der Waals surface area (Å²) in [5.74, 6) is -0.103. The van der Waals surface area contributed by atoms with Crippen LogP contribution in [0.4, 0.5) is 11.4 Å². The molecule has 8 heteroatoms. The largest absolute Gasteiger partial charge is 0.332 e. The minimum absolute atomic E-state index is 0.00643. The van der Waals surface area contributed by atoms with Crippen molar-refractivity contribution >= 4 is 46.2 Å². The maximum absolute atomic E-state index is 12.1. The van der Waals surface area contributed by atoms with E-state index < -0.39 is 4.92 Å². The summed E-state index contributed by atoms with van der Waals surface area (Å²) in [5.41, 5.74) is 0.193. The third kappa shape index (κ3) is 4.38. The summed E-state index contributed by atoms with van der Waals surface area (Å²) in [7, 11) is 0. The summed E-state index contributed by atoms with van der Waals surface area (Å²) >= 11 is 10.8. The number of anilines is 1. The van der Waals surface area contributed by atoms with Crippen molar-refractivity contribution in [2.24, 2.45) is 5.92 Å². The summed E-state index contributed by atoms with van der Waals surface area (Å²) in [6.45, 7) is 0. The van der Waals surface area contributed by atoms with Gasteiger partial charge in [-0.1, -0.05) is 30.9 Å². The number of hydrogen-bond donors (Lipinski definition) is 2. The van der Waals surface area contributed by atoms with Crippen molar-refractivity contribution in [2.75, 3.05) is 5.32 Å². The first-order valence-corrected chi connectivity index (χ1v) is 7.82. The fourth-order valence-electron chi connectivity index (χ4n) is 2.47. The van der Waals surface area contributed by atoms with E-state index in [1.165, 1.54) is 18.6 Å². The molecule has 0 aromatic heterocycles. The van der Waals surface area contributed by atoms with Crippen molar-refractivity contribution in [3.8, 4) is 0 Å². The van der Waals surface area contributed by atoms with Crippen LogP contribution in [0, 0.1) is 16.0 Å². The Bertz CT molecular complexity index is 603. The molecule has 2 rings (SSSR count). The number of carbonyl (C=O) groups is 1. The monoisotopic (exact) mass is 341 g/mol. The van der Waals surface area contributed by atoms with E-state index >= 15 is 0 Å². The van der Waals surface area contributed by atoms with E-state index in [4.69, 9.17) is 23.8 Å². The van der Waals surface area contributed by atoms with Crippen molar-refractivity contribution in [1.29, 1.82) is 0 Å². The van der Waals surface area contributed by atoms with E-state index in [-0.39, 0.29) is 27.6 Å². The number of nitrogens with zero attached hydrogens (tertiary/aromatic N) is 1. The fraction of sp³-hybridized carbons (Fsp3) is 0.429. The van der Waals surface area contributed by atoms with E-state index in [2.05, 4.69) is 10.6 Å². The van der Waals surface area contributed by atoms with Crippen LogP contribution in [0.1, 0.15) is 32.1 Å². The van der Waals surface area contributed by atoms with Crippen LogP contribution >= 0.6 is 23.8 Å². The van der Waals surface area contributed by atoms with Crippen LogP contribution < -0.4 is 10.6 Å². The summed E-state index contributed by atoms with van der Waals surface area (Å²) in [6, 6.07) is 4.25. The van der Waals surface area contributed by atoms with Gasteiger partial charge in [-0.2, -0.15) is 0 Å². The van der Waals surface area contributed by atoms with Crippen molar-refractivity contribution in [3.63, 3.8) is 0 Å². The summed E-state index contributed by atoms with van der Waals surface area (Å²) < 4.78 is 0. The Balaban J connectivity index is 1.95. The molecule has 22 heavy (non-hydrogen) atoms. The number of hydrogen-bond acceptors (Lipinski definition) is 4. The molecule has 0 aliphatic heterocycles. The Morgan fingerprint density at radius 1 is 1.32 bits per heavy atom. The average Bonchev–Trinajstić information content (AvgIpc) is 2.49. The molecule has 0 saturated heterocycles. The van der Waals surface area contributed by atoms with Gasteiger partial charge in [0.15, 0.2) is 5.11 Å². The molecule has 1 fully saturated rings. The summed E-state index contributed by atoms with van der Waals surface area (Å²) in [5, 5.41) is 16.4. The highest BCUT2D eigenvalue weighted by Crippen LogP contribution is 2.27. The maximum atomic E-state index is 12.1. The number of thiocarbonyl (C=S) groups is 1. The second-order valence-electron chi connectivity index (χ2n) is 5.20. The van der Waals surface area contributed by atoms with Crippen molar-refractivity contribution in [2.45, 2.75) is 32.1 Å². The van der Waals surface area contributed by atoms with Gasteiger partial charge in [0.1, 0.15) is 5.02 Å².